The third kappa shape index (κ3) is 4.06. The second-order valence-electron chi connectivity index (χ2n) is 15.0. The van der Waals surface area contributed by atoms with Gasteiger partial charge in [-0.3, -0.25) is 5.01 Å². The predicted molar refractivity (Wildman–Crippen MR) is 150 cm³/mol. The molecule has 5 fully saturated rings. The van der Waals surface area contributed by atoms with E-state index in [4.69, 9.17) is 9.47 Å². The van der Waals surface area contributed by atoms with E-state index in [9.17, 15) is 4.79 Å². The van der Waals surface area contributed by atoms with Crippen molar-refractivity contribution < 1.29 is 14.3 Å². The molecule has 7 nitrogen and oxygen atoms in total. The Balaban J connectivity index is 1.06. The molecule has 4 aliphatic carbocycles. The molecule has 3 aliphatic heterocycles. The highest BCUT2D eigenvalue weighted by Crippen LogP contribution is 2.65. The molecule has 7 heteroatoms. The van der Waals surface area contributed by atoms with Crippen molar-refractivity contribution in [2.75, 3.05) is 20.2 Å². The van der Waals surface area contributed by atoms with Crippen LogP contribution in [0.2, 0.25) is 0 Å². The first-order chi connectivity index (χ1) is 18.7. The van der Waals surface area contributed by atoms with Crippen molar-refractivity contribution >= 4 is 5.97 Å². The fraction of sp³-hybridized carbons (Fsp3) is 0.906. The first-order valence-electron chi connectivity index (χ1n) is 16.1. The van der Waals surface area contributed by atoms with Crippen LogP contribution in [0.5, 0.6) is 0 Å². The molecule has 7 aliphatic rings. The molecule has 216 valence electrons. The van der Waals surface area contributed by atoms with Gasteiger partial charge in [-0.25, -0.2) is 4.79 Å². The molecule has 3 saturated carbocycles. The van der Waals surface area contributed by atoms with Crippen molar-refractivity contribution in [1.82, 2.24) is 10.3 Å². The van der Waals surface area contributed by atoms with Gasteiger partial charge in [0.2, 0.25) is 0 Å². The Labute approximate surface area is 234 Å². The number of carbonyl (C=O) groups is 1. The number of carbonyl (C=O) groups excluding carboxylic acids is 1. The molecule has 1 spiro atoms. The Morgan fingerprint density at radius 2 is 2.00 bits per heavy atom. The van der Waals surface area contributed by atoms with Crippen LogP contribution in [0, 0.1) is 40.9 Å². The number of nitrogens with one attached hydrogen (secondary N) is 1. The number of esters is 1. The highest BCUT2D eigenvalue weighted by atomic mass is 16.5. The van der Waals surface area contributed by atoms with Gasteiger partial charge in [0.15, 0.2) is 6.04 Å². The number of methoxy groups -OCH3 is 1. The second kappa shape index (κ2) is 9.54. The average Bonchev–Trinajstić information content (AvgIpc) is 3.60. The third-order valence-electron chi connectivity index (χ3n) is 13.2. The van der Waals surface area contributed by atoms with Gasteiger partial charge < -0.3 is 14.8 Å². The van der Waals surface area contributed by atoms with E-state index in [0.717, 1.165) is 43.1 Å². The lowest BCUT2D eigenvalue weighted by atomic mass is 9.52. The van der Waals surface area contributed by atoms with Crippen LogP contribution in [0.1, 0.15) is 91.9 Å². The van der Waals surface area contributed by atoms with E-state index >= 15 is 0 Å². The Morgan fingerprint density at radius 3 is 2.82 bits per heavy atom. The Bertz CT molecular complexity index is 1060. The topological polar surface area (TPSA) is 75.5 Å². The van der Waals surface area contributed by atoms with Gasteiger partial charge in [0.1, 0.15) is 0 Å². The summed E-state index contributed by atoms with van der Waals surface area (Å²) in [7, 11) is 1.44. The number of allylic oxidation sites excluding steroid dienone is 1. The Kier molecular flexibility index (Phi) is 6.46. The summed E-state index contributed by atoms with van der Waals surface area (Å²) in [6, 6.07) is 0.493. The van der Waals surface area contributed by atoms with Gasteiger partial charge in [-0.2, -0.15) is 5.11 Å². The van der Waals surface area contributed by atoms with Gasteiger partial charge in [0.05, 0.1) is 25.4 Å². The minimum atomic E-state index is -0.450. The van der Waals surface area contributed by atoms with Crippen molar-refractivity contribution in [3.63, 3.8) is 0 Å². The summed E-state index contributed by atoms with van der Waals surface area (Å²) in [5.74, 6) is 4.21. The zero-order valence-corrected chi connectivity index (χ0v) is 24.8. The number of piperidine rings is 1. The molecule has 0 bridgehead atoms. The smallest absolute Gasteiger partial charge is 0.334 e. The third-order valence-corrected chi connectivity index (χ3v) is 13.2. The fourth-order valence-electron chi connectivity index (χ4n) is 10.9. The molecule has 0 aromatic carbocycles. The Morgan fingerprint density at radius 1 is 1.15 bits per heavy atom. The molecule has 3 heterocycles. The number of rotatable bonds is 2. The molecule has 1 N–H and O–H groups in total. The van der Waals surface area contributed by atoms with Crippen LogP contribution in [0.3, 0.4) is 0 Å². The molecule has 39 heavy (non-hydrogen) atoms. The lowest BCUT2D eigenvalue weighted by Gasteiger charge is -2.54. The first-order valence-corrected chi connectivity index (χ1v) is 16.1. The lowest BCUT2D eigenvalue weighted by molar-refractivity contribution is -0.142. The standard InChI is InChI=1S/C32H50N4O3/c1-18-12-28-29(33-16-18)20(3)32(39-28)11-9-23-24-7-6-21-13-22(36-17-27(34-35-36)30(37)38-5)8-10-31(21,4)26(24)14-25(23)19(2)15-32/h18,20-24,26-29,33H,6-17H2,1-5H3. The summed E-state index contributed by atoms with van der Waals surface area (Å²) < 4.78 is 12.0. The van der Waals surface area contributed by atoms with Gasteiger partial charge >= 0.3 is 5.97 Å². The highest BCUT2D eigenvalue weighted by Gasteiger charge is 2.59. The van der Waals surface area contributed by atoms with Crippen LogP contribution in [0.25, 0.3) is 0 Å². The van der Waals surface area contributed by atoms with Crippen molar-refractivity contribution in [2.24, 2.45) is 51.3 Å². The molecular weight excluding hydrogens is 488 g/mol. The molecule has 0 radical (unpaired) electrons. The van der Waals surface area contributed by atoms with Crippen LogP contribution in [-0.4, -0.2) is 61.0 Å². The van der Waals surface area contributed by atoms with E-state index in [1.165, 1.54) is 58.5 Å². The normalized spacial score (nSPS) is 50.8. The van der Waals surface area contributed by atoms with Crippen LogP contribution >= 0.6 is 0 Å². The van der Waals surface area contributed by atoms with Gasteiger partial charge in [0.25, 0.3) is 0 Å². The highest BCUT2D eigenvalue weighted by molar-refractivity contribution is 5.76. The molecule has 12 atom stereocenters. The number of hydrogen-bond donors (Lipinski definition) is 1. The number of fused-ring (bicyclic) bond motifs is 6. The van der Waals surface area contributed by atoms with E-state index in [1.807, 2.05) is 5.57 Å². The zero-order valence-electron chi connectivity index (χ0n) is 24.8. The summed E-state index contributed by atoms with van der Waals surface area (Å²) in [6.07, 6.45) is 13.0. The molecule has 0 amide bonds. The molecule has 0 aromatic heterocycles. The summed E-state index contributed by atoms with van der Waals surface area (Å²) in [6.45, 7) is 11.7. The van der Waals surface area contributed by atoms with E-state index in [0.29, 0.717) is 42.0 Å². The van der Waals surface area contributed by atoms with E-state index in [1.54, 1.807) is 5.57 Å². The average molecular weight is 539 g/mol. The van der Waals surface area contributed by atoms with Gasteiger partial charge in [-0.15, -0.1) is 0 Å². The van der Waals surface area contributed by atoms with Gasteiger partial charge in [0, 0.05) is 18.0 Å². The number of ether oxygens (including phenoxy) is 2. The second-order valence-corrected chi connectivity index (χ2v) is 15.0. The summed E-state index contributed by atoms with van der Waals surface area (Å²) in [5, 5.41) is 14.6. The zero-order chi connectivity index (χ0) is 27.1. The maximum atomic E-state index is 12.0. The van der Waals surface area contributed by atoms with Crippen molar-refractivity contribution in [3.8, 4) is 0 Å². The quantitative estimate of drug-likeness (QED) is 0.360. The van der Waals surface area contributed by atoms with E-state index < -0.39 is 6.04 Å². The lowest BCUT2D eigenvalue weighted by Crippen LogP contribution is -2.50. The minimum Gasteiger partial charge on any atom is -0.467 e. The van der Waals surface area contributed by atoms with Crippen LogP contribution in [0.15, 0.2) is 21.5 Å². The fourth-order valence-corrected chi connectivity index (χ4v) is 10.9. The van der Waals surface area contributed by atoms with Crippen molar-refractivity contribution in [3.05, 3.63) is 11.1 Å². The summed E-state index contributed by atoms with van der Waals surface area (Å²) >= 11 is 0. The van der Waals surface area contributed by atoms with Gasteiger partial charge in [-0.05, 0) is 113 Å². The van der Waals surface area contributed by atoms with Crippen molar-refractivity contribution in [2.45, 2.75) is 122 Å². The maximum Gasteiger partial charge on any atom is 0.334 e. The van der Waals surface area contributed by atoms with E-state index in [-0.39, 0.29) is 11.6 Å². The van der Waals surface area contributed by atoms with Crippen LogP contribution < -0.4 is 5.32 Å². The van der Waals surface area contributed by atoms with Crippen molar-refractivity contribution in [1.29, 1.82) is 0 Å². The van der Waals surface area contributed by atoms with Gasteiger partial charge in [-0.1, -0.05) is 37.1 Å². The van der Waals surface area contributed by atoms with Crippen LogP contribution in [-0.2, 0) is 14.3 Å². The molecule has 7 rings (SSSR count). The first kappa shape index (κ1) is 26.4. The van der Waals surface area contributed by atoms with E-state index in [2.05, 4.69) is 48.4 Å². The molecule has 2 saturated heterocycles. The SMILES string of the molecule is COC(=O)C1CN(C2CCC3(C)C(CCC4C5CCC6(CC(C)=C5CC43)OC3CC(C)CNC3C6C)C2)N=N1. The van der Waals surface area contributed by atoms with Crippen LogP contribution in [0.4, 0.5) is 0 Å². The number of nitrogens with zero attached hydrogens (tertiary/aromatic N) is 3. The molecular formula is C32H50N4O3. The monoisotopic (exact) mass is 538 g/mol. The Hall–Kier alpha value is -1.47. The minimum absolute atomic E-state index is 0.0365. The predicted octanol–water partition coefficient (Wildman–Crippen LogP) is 5.70. The largest absolute Gasteiger partial charge is 0.467 e. The molecule has 0 aromatic rings. The molecule has 12 unspecified atom stereocenters. The summed E-state index contributed by atoms with van der Waals surface area (Å²) in [4.78, 5) is 12.0. The number of hydrogen-bond acceptors (Lipinski definition) is 7. The summed E-state index contributed by atoms with van der Waals surface area (Å²) in [5.41, 5.74) is 3.95. The maximum absolute atomic E-state index is 12.0.